The summed E-state index contributed by atoms with van der Waals surface area (Å²) in [6.07, 6.45) is 10.7. The number of hydrogen-bond donors (Lipinski definition) is 0. The van der Waals surface area contributed by atoms with Gasteiger partial charge in [0.1, 0.15) is 0 Å². The maximum atomic E-state index is 9.58. The van der Waals surface area contributed by atoms with Gasteiger partial charge in [-0.15, -0.1) is 0 Å². The fourth-order valence-electron chi connectivity index (χ4n) is 5.99. The maximum absolute atomic E-state index is 9.58. The first-order valence-corrected chi connectivity index (χ1v) is 15.2. The molecule has 1 aliphatic carbocycles. The van der Waals surface area contributed by atoms with Crippen LogP contribution in [0.25, 0.3) is 16.7 Å². The Morgan fingerprint density at radius 2 is 0.521 bits per heavy atom. The Hall–Kier alpha value is -7.20. The molecule has 0 aliphatic heterocycles. The molecule has 0 bridgehead atoms. The van der Waals surface area contributed by atoms with Crippen LogP contribution in [0.3, 0.4) is 0 Å². The van der Waals surface area contributed by atoms with Gasteiger partial charge < -0.3 is 0 Å². The highest BCUT2D eigenvalue weighted by Crippen LogP contribution is 2.59. The summed E-state index contributed by atoms with van der Waals surface area (Å²) in [5.74, 6) is 0. The number of benzene rings is 3. The fraction of sp³-hybridized carbons (Fsp3) is 0. The normalized spacial score (nSPS) is 11.6. The van der Waals surface area contributed by atoms with E-state index in [1.807, 2.05) is 109 Å². The molecule has 0 unspecified atom stereocenters. The third kappa shape index (κ3) is 5.68. The third-order valence-electron chi connectivity index (χ3n) is 8.25. The van der Waals surface area contributed by atoms with Crippen LogP contribution in [0.2, 0.25) is 0 Å². The average molecular weight is 613 g/mol. The predicted octanol–water partition coefficient (Wildman–Crippen LogP) is 8.31. The highest BCUT2D eigenvalue weighted by Gasteiger charge is 2.41. The summed E-state index contributed by atoms with van der Waals surface area (Å²) in [6, 6.07) is 41.6. The van der Waals surface area contributed by atoms with Gasteiger partial charge in [0, 0.05) is 37.2 Å². The Labute approximate surface area is 278 Å². The van der Waals surface area contributed by atoms with E-state index in [1.54, 1.807) is 37.2 Å². The van der Waals surface area contributed by atoms with Crippen molar-refractivity contribution in [1.82, 2.24) is 15.0 Å². The first-order valence-electron chi connectivity index (χ1n) is 15.2. The van der Waals surface area contributed by atoms with Crippen molar-refractivity contribution in [2.75, 3.05) is 0 Å². The minimum Gasteiger partial charge on any atom is -0.265 e. The molecule has 222 valence electrons. The molecule has 7 rings (SSSR count). The molecule has 3 aromatic heterocycles. The van der Waals surface area contributed by atoms with Crippen molar-refractivity contribution >= 4 is 16.7 Å². The molecular formula is C42H24N6. The van der Waals surface area contributed by atoms with Gasteiger partial charge in [-0.25, -0.2) is 0 Å². The van der Waals surface area contributed by atoms with Crippen LogP contribution < -0.4 is 0 Å². The van der Waals surface area contributed by atoms with E-state index in [2.05, 4.69) is 33.2 Å². The fourth-order valence-corrected chi connectivity index (χ4v) is 5.99. The van der Waals surface area contributed by atoms with Crippen molar-refractivity contribution in [2.24, 2.45) is 0 Å². The highest BCUT2D eigenvalue weighted by molar-refractivity contribution is 6.13. The highest BCUT2D eigenvalue weighted by atomic mass is 14.6. The van der Waals surface area contributed by atoms with Crippen molar-refractivity contribution in [3.8, 4) is 18.2 Å². The van der Waals surface area contributed by atoms with Crippen LogP contribution in [0.5, 0.6) is 0 Å². The standard InChI is InChI=1S/C42H24N6/c43-25-28-1-7-31(8-2-28)37(34-13-19-46-20-14-34)40-41(38(35-15-21-47-22-16-35)32-9-3-29(26-44)4-10-32)42(40)39(36-17-23-48-24-18-36)33-11-5-30(27-45)6-12-33/h1-24H. The smallest absolute Gasteiger partial charge is 0.0991 e. The summed E-state index contributed by atoms with van der Waals surface area (Å²) in [5.41, 5.74) is 13.6. The Morgan fingerprint density at radius 3 is 0.729 bits per heavy atom. The molecule has 0 N–H and O–H groups in total. The molecule has 3 aromatic carbocycles. The van der Waals surface area contributed by atoms with Crippen molar-refractivity contribution in [3.05, 3.63) is 213 Å². The van der Waals surface area contributed by atoms with Gasteiger partial charge in [0.2, 0.25) is 0 Å². The lowest BCUT2D eigenvalue weighted by atomic mass is 9.94. The maximum Gasteiger partial charge on any atom is 0.0991 e. The number of rotatable bonds is 6. The predicted molar refractivity (Wildman–Crippen MR) is 184 cm³/mol. The second-order valence-corrected chi connectivity index (χ2v) is 11.0. The molecule has 0 atom stereocenters. The lowest BCUT2D eigenvalue weighted by molar-refractivity contribution is 1.31. The number of nitriles is 3. The molecule has 48 heavy (non-hydrogen) atoms. The summed E-state index contributed by atoms with van der Waals surface area (Å²) < 4.78 is 0. The Bertz CT molecular complexity index is 2070. The van der Waals surface area contributed by atoms with E-state index in [4.69, 9.17) is 0 Å². The van der Waals surface area contributed by atoms with Crippen LogP contribution in [0.4, 0.5) is 0 Å². The molecule has 6 heteroatoms. The zero-order valence-corrected chi connectivity index (χ0v) is 25.5. The van der Waals surface area contributed by atoms with Crippen LogP contribution in [-0.4, -0.2) is 15.0 Å². The quantitative estimate of drug-likeness (QED) is 0.187. The lowest BCUT2D eigenvalue weighted by Gasteiger charge is -2.10. The van der Waals surface area contributed by atoms with E-state index in [0.29, 0.717) is 16.7 Å². The number of nitrogens with zero attached hydrogens (tertiary/aromatic N) is 6. The van der Waals surface area contributed by atoms with Crippen LogP contribution in [0, 0.1) is 34.0 Å². The van der Waals surface area contributed by atoms with Gasteiger partial charge in [-0.05, 0) is 140 Å². The molecule has 0 spiro atoms. The second kappa shape index (κ2) is 13.0. The average Bonchev–Trinajstić information content (AvgIpc) is 3.86. The van der Waals surface area contributed by atoms with Gasteiger partial charge in [0.05, 0.1) is 34.9 Å². The van der Waals surface area contributed by atoms with Gasteiger partial charge in [0.25, 0.3) is 0 Å². The van der Waals surface area contributed by atoms with Gasteiger partial charge in [0.15, 0.2) is 0 Å². The molecule has 1 aliphatic rings. The van der Waals surface area contributed by atoms with Gasteiger partial charge in [-0.3, -0.25) is 15.0 Å². The van der Waals surface area contributed by atoms with Gasteiger partial charge >= 0.3 is 0 Å². The van der Waals surface area contributed by atoms with E-state index >= 15 is 0 Å². The Kier molecular flexibility index (Phi) is 8.01. The molecule has 0 radical (unpaired) electrons. The van der Waals surface area contributed by atoms with Crippen molar-refractivity contribution in [1.29, 1.82) is 15.8 Å². The molecule has 0 saturated heterocycles. The van der Waals surface area contributed by atoms with Crippen molar-refractivity contribution in [2.45, 2.75) is 0 Å². The van der Waals surface area contributed by atoms with Crippen molar-refractivity contribution in [3.63, 3.8) is 0 Å². The van der Waals surface area contributed by atoms with Crippen LogP contribution >= 0.6 is 0 Å². The van der Waals surface area contributed by atoms with E-state index in [9.17, 15) is 15.8 Å². The summed E-state index contributed by atoms with van der Waals surface area (Å²) in [7, 11) is 0. The zero-order chi connectivity index (χ0) is 32.9. The largest absolute Gasteiger partial charge is 0.265 e. The number of hydrogen-bond acceptors (Lipinski definition) is 6. The molecular weight excluding hydrogens is 589 g/mol. The van der Waals surface area contributed by atoms with Crippen molar-refractivity contribution < 1.29 is 0 Å². The van der Waals surface area contributed by atoms with E-state index in [0.717, 1.165) is 66.8 Å². The van der Waals surface area contributed by atoms with E-state index in [1.165, 1.54) is 0 Å². The summed E-state index contributed by atoms with van der Waals surface area (Å²) in [6.45, 7) is 0. The topological polar surface area (TPSA) is 110 Å². The second-order valence-electron chi connectivity index (χ2n) is 11.0. The van der Waals surface area contributed by atoms with E-state index in [-0.39, 0.29) is 0 Å². The zero-order valence-electron chi connectivity index (χ0n) is 25.5. The Balaban J connectivity index is 1.67. The summed E-state index contributed by atoms with van der Waals surface area (Å²) in [4.78, 5) is 12.9. The SMILES string of the molecule is N#Cc1ccc(C(=C2C(=C(c3ccncc3)c3ccc(C#N)cc3)C2=C(c2ccncc2)c2ccc(C#N)cc2)c2ccncc2)cc1. The van der Waals surface area contributed by atoms with Crippen LogP contribution in [0.15, 0.2) is 163 Å². The van der Waals surface area contributed by atoms with Crippen LogP contribution in [-0.2, 0) is 0 Å². The molecule has 6 aromatic rings. The Morgan fingerprint density at radius 1 is 0.312 bits per heavy atom. The summed E-state index contributed by atoms with van der Waals surface area (Å²) >= 11 is 0. The van der Waals surface area contributed by atoms with E-state index < -0.39 is 0 Å². The molecule has 1 fully saturated rings. The molecule has 3 heterocycles. The molecule has 6 nitrogen and oxygen atoms in total. The van der Waals surface area contributed by atoms with Gasteiger partial charge in [-0.2, -0.15) is 15.8 Å². The third-order valence-corrected chi connectivity index (χ3v) is 8.25. The first-order chi connectivity index (χ1) is 23.7. The van der Waals surface area contributed by atoms with Gasteiger partial charge in [-0.1, -0.05) is 36.4 Å². The number of allylic oxidation sites excluding steroid dienone is 3. The van der Waals surface area contributed by atoms with Crippen LogP contribution in [0.1, 0.15) is 50.1 Å². The lowest BCUT2D eigenvalue weighted by Crippen LogP contribution is -1.91. The molecule has 1 saturated carbocycles. The summed E-state index contributed by atoms with van der Waals surface area (Å²) in [5, 5.41) is 28.7. The first kappa shape index (κ1) is 29.5. The minimum absolute atomic E-state index is 0.574. The molecule has 0 amide bonds. The number of pyridine rings is 3. The minimum atomic E-state index is 0.574. The number of aromatic nitrogens is 3. The monoisotopic (exact) mass is 612 g/mol.